The number of phenolic OH excluding ortho intramolecular Hbond substituents is 1. The van der Waals surface area contributed by atoms with E-state index in [1.165, 1.54) is 0 Å². The molecular weight excluding hydrogens is 222 g/mol. The standard InChI is InChI=1S/C12H15NO2S/c1-9-2-3-11(14)10(8-9)12(15)13-4-6-16-7-5-13/h2-3,8,14H,4-7H2,1H3. The molecule has 86 valence electrons. The summed E-state index contributed by atoms with van der Waals surface area (Å²) in [5.74, 6) is 1.99. The summed E-state index contributed by atoms with van der Waals surface area (Å²) in [6, 6.07) is 5.14. The summed E-state index contributed by atoms with van der Waals surface area (Å²) in [6.45, 7) is 3.47. The highest BCUT2D eigenvalue weighted by Crippen LogP contribution is 2.21. The molecule has 1 aromatic rings. The van der Waals surface area contributed by atoms with Crippen LogP contribution in [0.1, 0.15) is 15.9 Å². The normalized spacial score (nSPS) is 16.2. The van der Waals surface area contributed by atoms with Gasteiger partial charge in [0.05, 0.1) is 5.56 Å². The fraction of sp³-hybridized carbons (Fsp3) is 0.417. The topological polar surface area (TPSA) is 40.5 Å². The van der Waals surface area contributed by atoms with Gasteiger partial charge < -0.3 is 10.0 Å². The maximum Gasteiger partial charge on any atom is 0.257 e. The molecule has 1 N–H and O–H groups in total. The minimum Gasteiger partial charge on any atom is -0.507 e. The Morgan fingerprint density at radius 2 is 2.06 bits per heavy atom. The van der Waals surface area contributed by atoms with Crippen LogP contribution in [0.4, 0.5) is 0 Å². The fourth-order valence-electron chi connectivity index (χ4n) is 1.76. The molecule has 1 aromatic carbocycles. The first kappa shape index (κ1) is 11.3. The number of aryl methyl sites for hydroxylation is 1. The average molecular weight is 237 g/mol. The molecule has 0 unspecified atom stereocenters. The Bertz CT molecular complexity index is 400. The molecule has 16 heavy (non-hydrogen) atoms. The molecular formula is C12H15NO2S. The largest absolute Gasteiger partial charge is 0.507 e. The first-order valence-corrected chi connectivity index (χ1v) is 6.50. The second-order valence-corrected chi connectivity index (χ2v) is 5.15. The molecule has 0 radical (unpaired) electrons. The Balaban J connectivity index is 2.22. The summed E-state index contributed by atoms with van der Waals surface area (Å²) in [5.41, 5.74) is 1.42. The number of carbonyl (C=O) groups excluding carboxylic acids is 1. The second kappa shape index (κ2) is 4.78. The van der Waals surface area contributed by atoms with E-state index in [4.69, 9.17) is 0 Å². The van der Waals surface area contributed by atoms with E-state index >= 15 is 0 Å². The molecule has 0 spiro atoms. The highest BCUT2D eigenvalue weighted by atomic mass is 32.2. The van der Waals surface area contributed by atoms with Gasteiger partial charge in [-0.3, -0.25) is 4.79 Å². The quantitative estimate of drug-likeness (QED) is 0.811. The maximum absolute atomic E-state index is 12.1. The Labute approximate surface area is 99.5 Å². The van der Waals surface area contributed by atoms with Gasteiger partial charge in [-0.25, -0.2) is 0 Å². The van der Waals surface area contributed by atoms with Crippen LogP contribution in [0.15, 0.2) is 18.2 Å². The van der Waals surface area contributed by atoms with Crippen LogP contribution in [0.5, 0.6) is 5.75 Å². The number of hydrogen-bond donors (Lipinski definition) is 1. The molecule has 1 amide bonds. The molecule has 0 bridgehead atoms. The van der Waals surface area contributed by atoms with Gasteiger partial charge in [-0.1, -0.05) is 11.6 Å². The molecule has 1 fully saturated rings. The lowest BCUT2D eigenvalue weighted by atomic mass is 10.1. The third kappa shape index (κ3) is 2.32. The lowest BCUT2D eigenvalue weighted by Crippen LogP contribution is -2.37. The summed E-state index contributed by atoms with van der Waals surface area (Å²) >= 11 is 1.86. The number of amides is 1. The molecule has 2 rings (SSSR count). The predicted molar refractivity (Wildman–Crippen MR) is 66.1 cm³/mol. The van der Waals surface area contributed by atoms with E-state index < -0.39 is 0 Å². The van der Waals surface area contributed by atoms with Gasteiger partial charge in [-0.15, -0.1) is 0 Å². The van der Waals surface area contributed by atoms with Gasteiger partial charge in [-0.05, 0) is 19.1 Å². The summed E-state index contributed by atoms with van der Waals surface area (Å²) in [4.78, 5) is 13.9. The predicted octanol–water partition coefficient (Wildman–Crippen LogP) is 1.89. The van der Waals surface area contributed by atoms with Gasteiger partial charge in [0.1, 0.15) is 5.75 Å². The highest BCUT2D eigenvalue weighted by molar-refractivity contribution is 7.99. The lowest BCUT2D eigenvalue weighted by Gasteiger charge is -2.26. The van der Waals surface area contributed by atoms with Crippen LogP contribution in [-0.4, -0.2) is 40.5 Å². The Morgan fingerprint density at radius 1 is 1.38 bits per heavy atom. The lowest BCUT2D eigenvalue weighted by molar-refractivity contribution is 0.0769. The van der Waals surface area contributed by atoms with Crippen LogP contribution in [0.25, 0.3) is 0 Å². The van der Waals surface area contributed by atoms with Crippen molar-refractivity contribution in [2.75, 3.05) is 24.6 Å². The van der Waals surface area contributed by atoms with Gasteiger partial charge in [0, 0.05) is 24.6 Å². The molecule has 0 aliphatic carbocycles. The van der Waals surface area contributed by atoms with E-state index in [0.717, 1.165) is 30.2 Å². The van der Waals surface area contributed by atoms with E-state index in [0.29, 0.717) is 5.56 Å². The number of phenols is 1. The monoisotopic (exact) mass is 237 g/mol. The van der Waals surface area contributed by atoms with Crippen molar-refractivity contribution in [3.8, 4) is 5.75 Å². The zero-order valence-electron chi connectivity index (χ0n) is 9.27. The zero-order chi connectivity index (χ0) is 11.5. The van der Waals surface area contributed by atoms with Crippen molar-refractivity contribution >= 4 is 17.7 Å². The van der Waals surface area contributed by atoms with Gasteiger partial charge >= 0.3 is 0 Å². The van der Waals surface area contributed by atoms with Gasteiger partial charge in [-0.2, -0.15) is 11.8 Å². The van der Waals surface area contributed by atoms with Crippen LogP contribution in [0, 0.1) is 6.92 Å². The van der Waals surface area contributed by atoms with Crippen molar-refractivity contribution in [1.82, 2.24) is 4.90 Å². The molecule has 1 heterocycles. The molecule has 0 aromatic heterocycles. The Kier molecular flexibility index (Phi) is 3.39. The Hall–Kier alpha value is -1.16. The van der Waals surface area contributed by atoms with E-state index in [1.54, 1.807) is 18.2 Å². The zero-order valence-corrected chi connectivity index (χ0v) is 10.1. The van der Waals surface area contributed by atoms with E-state index in [1.807, 2.05) is 23.6 Å². The Morgan fingerprint density at radius 3 is 2.75 bits per heavy atom. The molecule has 3 nitrogen and oxygen atoms in total. The number of hydrogen-bond acceptors (Lipinski definition) is 3. The molecule has 1 aliphatic rings. The van der Waals surface area contributed by atoms with Crippen LogP contribution in [0.3, 0.4) is 0 Å². The van der Waals surface area contributed by atoms with Crippen molar-refractivity contribution < 1.29 is 9.90 Å². The number of carbonyl (C=O) groups is 1. The summed E-state index contributed by atoms with van der Waals surface area (Å²) in [5, 5.41) is 9.68. The number of nitrogens with zero attached hydrogens (tertiary/aromatic N) is 1. The SMILES string of the molecule is Cc1ccc(O)c(C(=O)N2CCSCC2)c1. The van der Waals surface area contributed by atoms with Crippen molar-refractivity contribution in [2.24, 2.45) is 0 Å². The number of rotatable bonds is 1. The third-order valence-corrected chi connectivity index (χ3v) is 3.62. The first-order chi connectivity index (χ1) is 7.68. The molecule has 1 aliphatic heterocycles. The van der Waals surface area contributed by atoms with Gasteiger partial charge in [0.25, 0.3) is 5.91 Å². The van der Waals surface area contributed by atoms with Crippen molar-refractivity contribution in [2.45, 2.75) is 6.92 Å². The smallest absolute Gasteiger partial charge is 0.257 e. The fourth-order valence-corrected chi connectivity index (χ4v) is 2.66. The molecule has 0 saturated carbocycles. The number of benzene rings is 1. The highest BCUT2D eigenvalue weighted by Gasteiger charge is 2.20. The van der Waals surface area contributed by atoms with Gasteiger partial charge in [0.2, 0.25) is 0 Å². The van der Waals surface area contributed by atoms with Crippen molar-refractivity contribution in [1.29, 1.82) is 0 Å². The average Bonchev–Trinajstić information content (AvgIpc) is 2.32. The summed E-state index contributed by atoms with van der Waals surface area (Å²) < 4.78 is 0. The van der Waals surface area contributed by atoms with E-state index in [2.05, 4.69) is 0 Å². The third-order valence-electron chi connectivity index (χ3n) is 2.68. The maximum atomic E-state index is 12.1. The summed E-state index contributed by atoms with van der Waals surface area (Å²) in [6.07, 6.45) is 0. The van der Waals surface area contributed by atoms with Crippen LogP contribution in [-0.2, 0) is 0 Å². The minimum atomic E-state index is -0.0542. The molecule has 0 atom stereocenters. The summed E-state index contributed by atoms with van der Waals surface area (Å²) in [7, 11) is 0. The van der Waals surface area contributed by atoms with Crippen LogP contribution in [0.2, 0.25) is 0 Å². The first-order valence-electron chi connectivity index (χ1n) is 5.35. The number of thioether (sulfide) groups is 1. The second-order valence-electron chi connectivity index (χ2n) is 3.93. The molecule has 4 heteroatoms. The molecule has 1 saturated heterocycles. The van der Waals surface area contributed by atoms with Gasteiger partial charge in [0.15, 0.2) is 0 Å². The van der Waals surface area contributed by atoms with E-state index in [9.17, 15) is 9.90 Å². The van der Waals surface area contributed by atoms with Crippen molar-refractivity contribution in [3.05, 3.63) is 29.3 Å². The van der Waals surface area contributed by atoms with Crippen LogP contribution >= 0.6 is 11.8 Å². The van der Waals surface area contributed by atoms with Crippen LogP contribution < -0.4 is 0 Å². The number of aromatic hydroxyl groups is 1. The minimum absolute atomic E-state index is 0.0542. The van der Waals surface area contributed by atoms with E-state index in [-0.39, 0.29) is 11.7 Å². The van der Waals surface area contributed by atoms with Crippen molar-refractivity contribution in [3.63, 3.8) is 0 Å².